The number of terminal acetylenes is 1. The molecule has 2 aromatic rings. The van der Waals surface area contributed by atoms with Gasteiger partial charge in [-0.05, 0) is 51.0 Å². The Morgan fingerprint density at radius 3 is 2.30 bits per heavy atom. The van der Waals surface area contributed by atoms with Crippen LogP contribution in [0.25, 0.3) is 10.8 Å². The van der Waals surface area contributed by atoms with Gasteiger partial charge in [-0.25, -0.2) is 0 Å². The SMILES string of the molecule is C#Cc1cccc2cncc(C(C#N)NC=O)c12.C[C@H](CC(=O)N1CC2C(C1)C2(C)C)OC(C)(C)C.NC(=O)C(F)(F)F. The summed E-state index contributed by atoms with van der Waals surface area (Å²) in [5.41, 5.74) is 5.40. The first-order valence-electron chi connectivity index (χ1n) is 13.6. The van der Waals surface area contributed by atoms with Crippen LogP contribution in [0.1, 0.15) is 65.1 Å². The van der Waals surface area contributed by atoms with Gasteiger partial charge >= 0.3 is 12.1 Å². The lowest BCUT2D eigenvalue weighted by Crippen LogP contribution is -2.36. The quantitative estimate of drug-likeness (QED) is 0.375. The standard InChI is InChI=1S/C15H27NO2.C14H9N3O.C2H2F3NO/c1-10(18-14(2,3)4)7-13(17)16-8-11-12(9-16)15(11,5)6;1-2-10-4-3-5-11-7-16-8-12(14(10)11)13(6-15)17-9-18;3-2(4,5)1(6)7/h10-12H,7-9H2,1-6H3;1,3-5,7-9,13H,(H,17,18);(H2,6,7)/t10-,11?,12?;;/m1../s1. The molecule has 1 aliphatic carbocycles. The molecule has 1 saturated heterocycles. The zero-order valence-corrected chi connectivity index (χ0v) is 25.2. The summed E-state index contributed by atoms with van der Waals surface area (Å²) in [5, 5.41) is 13.1. The van der Waals surface area contributed by atoms with Crippen LogP contribution in [0.2, 0.25) is 0 Å². The molecule has 3 N–H and O–H groups in total. The molecule has 0 spiro atoms. The molecule has 1 aromatic carbocycles. The number of likely N-dealkylation sites (tertiary alicyclic amines) is 1. The molecule has 4 atom stereocenters. The van der Waals surface area contributed by atoms with Crippen LogP contribution in [-0.4, -0.2) is 59.1 Å². The summed E-state index contributed by atoms with van der Waals surface area (Å²) < 4.78 is 37.9. The van der Waals surface area contributed by atoms with Crippen LogP contribution >= 0.6 is 0 Å². The number of ether oxygens (including phenoxy) is 1. The van der Waals surface area contributed by atoms with E-state index in [1.54, 1.807) is 18.5 Å². The topological polar surface area (TPSA) is 138 Å². The van der Waals surface area contributed by atoms with Gasteiger partial charge in [0.25, 0.3) is 0 Å². The number of halogens is 3. The summed E-state index contributed by atoms with van der Waals surface area (Å²) in [7, 11) is 0. The lowest BCUT2D eigenvalue weighted by Gasteiger charge is -2.27. The molecule has 3 amide bonds. The van der Waals surface area contributed by atoms with E-state index < -0.39 is 18.1 Å². The predicted molar refractivity (Wildman–Crippen MR) is 155 cm³/mol. The molecule has 12 heteroatoms. The molecule has 1 saturated carbocycles. The summed E-state index contributed by atoms with van der Waals surface area (Å²) in [6, 6.07) is 6.74. The van der Waals surface area contributed by atoms with Crippen molar-refractivity contribution >= 4 is 29.0 Å². The summed E-state index contributed by atoms with van der Waals surface area (Å²) in [5.74, 6) is 2.05. The molecule has 3 unspecified atom stereocenters. The maximum absolute atomic E-state index is 12.2. The Balaban J connectivity index is 0.000000247. The fraction of sp³-hybridized carbons (Fsp3) is 0.516. The fourth-order valence-corrected chi connectivity index (χ4v) is 5.22. The number of nitriles is 1. The average Bonchev–Trinajstić information content (AvgIpc) is 3.22. The summed E-state index contributed by atoms with van der Waals surface area (Å²) in [4.78, 5) is 37.9. The zero-order valence-electron chi connectivity index (χ0n) is 25.2. The van der Waals surface area contributed by atoms with Crippen molar-refractivity contribution in [3.05, 3.63) is 41.7 Å². The minimum absolute atomic E-state index is 0.00226. The number of alkyl halides is 3. The average molecular weight is 602 g/mol. The number of nitrogens with two attached hydrogens (primary N) is 1. The molecule has 0 bridgehead atoms. The minimum atomic E-state index is -4.86. The molecule has 2 fully saturated rings. The number of fused-ring (bicyclic) bond motifs is 2. The number of nitrogens with one attached hydrogen (secondary N) is 1. The molecule has 1 aromatic heterocycles. The van der Waals surface area contributed by atoms with Gasteiger partial charge in [-0.1, -0.05) is 31.9 Å². The van der Waals surface area contributed by atoms with Crippen molar-refractivity contribution in [2.75, 3.05) is 13.1 Å². The van der Waals surface area contributed by atoms with Crippen LogP contribution < -0.4 is 11.1 Å². The number of primary amides is 1. The van der Waals surface area contributed by atoms with Crippen molar-refractivity contribution in [2.24, 2.45) is 23.0 Å². The number of nitrogens with zero attached hydrogens (tertiary/aromatic N) is 3. The van der Waals surface area contributed by atoms with Gasteiger partial charge < -0.3 is 20.7 Å². The third kappa shape index (κ3) is 9.42. The van der Waals surface area contributed by atoms with E-state index in [0.29, 0.717) is 29.4 Å². The van der Waals surface area contributed by atoms with Crippen LogP contribution in [-0.2, 0) is 19.1 Å². The first-order chi connectivity index (χ1) is 19.9. The number of hydrogen-bond donors (Lipinski definition) is 2. The number of carbonyl (C=O) groups excluding carboxylic acids is 3. The fourth-order valence-electron chi connectivity index (χ4n) is 5.22. The third-order valence-corrected chi connectivity index (χ3v) is 7.41. The highest BCUT2D eigenvalue weighted by molar-refractivity contribution is 5.91. The number of benzene rings is 1. The van der Waals surface area contributed by atoms with Crippen molar-refractivity contribution in [1.82, 2.24) is 15.2 Å². The van der Waals surface area contributed by atoms with Gasteiger partial charge in [0, 0.05) is 47.4 Å². The smallest absolute Gasteiger partial charge is 0.372 e. The monoisotopic (exact) mass is 601 g/mol. The van der Waals surface area contributed by atoms with Crippen LogP contribution in [0.4, 0.5) is 13.2 Å². The van der Waals surface area contributed by atoms with E-state index in [4.69, 9.17) is 21.2 Å². The first kappa shape index (κ1) is 35.0. The van der Waals surface area contributed by atoms with Crippen molar-refractivity contribution in [3.63, 3.8) is 0 Å². The van der Waals surface area contributed by atoms with Crippen molar-refractivity contribution in [3.8, 4) is 18.4 Å². The van der Waals surface area contributed by atoms with Gasteiger partial charge in [0.05, 0.1) is 24.2 Å². The van der Waals surface area contributed by atoms with Gasteiger partial charge in [0.1, 0.15) is 6.04 Å². The number of rotatable bonds is 6. The number of pyridine rings is 1. The van der Waals surface area contributed by atoms with E-state index in [1.165, 1.54) is 0 Å². The van der Waals surface area contributed by atoms with Crippen molar-refractivity contribution < 1.29 is 32.3 Å². The summed E-state index contributed by atoms with van der Waals surface area (Å²) in [6.07, 6.45) is 4.83. The second kappa shape index (κ2) is 13.9. The normalized spacial score (nSPS) is 19.6. The first-order valence-corrected chi connectivity index (χ1v) is 13.6. The van der Waals surface area contributed by atoms with Gasteiger partial charge in [-0.3, -0.25) is 19.4 Å². The van der Waals surface area contributed by atoms with Gasteiger partial charge in [0.2, 0.25) is 12.3 Å². The molecule has 232 valence electrons. The highest BCUT2D eigenvalue weighted by Crippen LogP contribution is 2.62. The molecular formula is C31H38F3N5O4. The Kier molecular flexibility index (Phi) is 11.3. The number of amides is 3. The van der Waals surface area contributed by atoms with E-state index >= 15 is 0 Å². The summed E-state index contributed by atoms with van der Waals surface area (Å²) in [6.45, 7) is 14.6. The second-order valence-electron chi connectivity index (χ2n) is 12.1. The third-order valence-electron chi connectivity index (χ3n) is 7.41. The number of hydrogen-bond acceptors (Lipinski definition) is 6. The van der Waals surface area contributed by atoms with Gasteiger partial charge in [0.15, 0.2) is 0 Å². The Labute approximate surface area is 249 Å². The molecule has 43 heavy (non-hydrogen) atoms. The molecule has 4 rings (SSSR count). The molecule has 2 heterocycles. The molecule has 2 aliphatic rings. The van der Waals surface area contributed by atoms with E-state index in [-0.39, 0.29) is 17.6 Å². The maximum atomic E-state index is 12.2. The lowest BCUT2D eigenvalue weighted by atomic mass is 9.98. The Bertz CT molecular complexity index is 1390. The molecule has 9 nitrogen and oxygen atoms in total. The van der Waals surface area contributed by atoms with Crippen LogP contribution in [0.15, 0.2) is 30.6 Å². The zero-order chi connectivity index (χ0) is 32.8. The second-order valence-corrected chi connectivity index (χ2v) is 12.1. The largest absolute Gasteiger partial charge is 0.470 e. The molecule has 0 radical (unpaired) electrons. The van der Waals surface area contributed by atoms with Gasteiger partial charge in [-0.15, -0.1) is 6.42 Å². The highest BCUT2D eigenvalue weighted by Gasteiger charge is 2.62. The molecular weight excluding hydrogens is 563 g/mol. The predicted octanol–water partition coefficient (Wildman–Crippen LogP) is 4.26. The Morgan fingerprint density at radius 1 is 1.26 bits per heavy atom. The van der Waals surface area contributed by atoms with Crippen LogP contribution in [0, 0.1) is 40.9 Å². The van der Waals surface area contributed by atoms with Crippen molar-refractivity contribution in [2.45, 2.75) is 71.9 Å². The number of piperidine rings is 1. The van der Waals surface area contributed by atoms with Crippen molar-refractivity contribution in [1.29, 1.82) is 5.26 Å². The Morgan fingerprint density at radius 2 is 1.84 bits per heavy atom. The van der Waals surface area contributed by atoms with E-state index in [1.807, 2.05) is 50.8 Å². The van der Waals surface area contributed by atoms with E-state index in [2.05, 4.69) is 35.8 Å². The van der Waals surface area contributed by atoms with Crippen LogP contribution in [0.5, 0.6) is 0 Å². The highest BCUT2D eigenvalue weighted by atomic mass is 19.4. The number of carbonyl (C=O) groups is 3. The number of aromatic nitrogens is 1. The van der Waals surface area contributed by atoms with E-state index in [9.17, 15) is 22.8 Å². The minimum Gasteiger partial charge on any atom is -0.372 e. The summed E-state index contributed by atoms with van der Waals surface area (Å²) >= 11 is 0. The van der Waals surface area contributed by atoms with Crippen LogP contribution in [0.3, 0.4) is 0 Å². The van der Waals surface area contributed by atoms with Gasteiger partial charge in [-0.2, -0.15) is 18.4 Å². The molecule has 1 aliphatic heterocycles. The Hall–Kier alpha value is -4.16. The van der Waals surface area contributed by atoms with E-state index in [0.717, 1.165) is 35.7 Å². The maximum Gasteiger partial charge on any atom is 0.470 e. The lowest BCUT2D eigenvalue weighted by molar-refractivity contribution is -0.169.